The molecule has 8 nitrogen and oxygen atoms in total. The SMILES string of the molecule is Cc1cc(C(F)F)n2ncc(C(=O)Nc3ncn(Cc4ccccc4C)n3)c2n1. The van der Waals surface area contributed by atoms with Crippen molar-refractivity contribution >= 4 is 17.5 Å². The fourth-order valence-electron chi connectivity index (χ4n) is 2.99. The molecule has 0 unspecified atom stereocenters. The quantitative estimate of drug-likeness (QED) is 0.559. The first-order valence-corrected chi connectivity index (χ1v) is 8.81. The summed E-state index contributed by atoms with van der Waals surface area (Å²) in [5.74, 6) is -0.475. The number of carbonyl (C=O) groups excluding carboxylic acids is 1. The minimum Gasteiger partial charge on any atom is -0.289 e. The molecule has 10 heteroatoms. The van der Waals surface area contributed by atoms with Crippen LogP contribution < -0.4 is 5.32 Å². The molecule has 0 aliphatic carbocycles. The van der Waals surface area contributed by atoms with Gasteiger partial charge in [-0.3, -0.25) is 10.1 Å². The van der Waals surface area contributed by atoms with Crippen LogP contribution in [0.3, 0.4) is 0 Å². The highest BCUT2D eigenvalue weighted by atomic mass is 19.3. The molecule has 0 saturated heterocycles. The van der Waals surface area contributed by atoms with Gasteiger partial charge in [-0.2, -0.15) is 5.10 Å². The van der Waals surface area contributed by atoms with Crippen molar-refractivity contribution in [2.75, 3.05) is 5.32 Å². The number of halogens is 2. The van der Waals surface area contributed by atoms with E-state index >= 15 is 0 Å². The molecular weight excluding hydrogens is 380 g/mol. The molecular formula is C19H17F2N7O. The molecule has 1 aromatic carbocycles. The molecule has 3 aromatic heterocycles. The lowest BCUT2D eigenvalue weighted by atomic mass is 10.1. The maximum Gasteiger partial charge on any atom is 0.280 e. The van der Waals surface area contributed by atoms with Gasteiger partial charge in [-0.15, -0.1) is 5.10 Å². The zero-order valence-corrected chi connectivity index (χ0v) is 15.7. The standard InChI is InChI=1S/C19H17F2N7O/c1-11-5-3-4-6-13(11)9-27-10-22-19(26-27)25-18(29)14-8-23-28-15(16(20)21)7-12(2)24-17(14)28/h3-8,10,16H,9H2,1-2H3,(H,25,26,29). The van der Waals surface area contributed by atoms with Gasteiger partial charge >= 0.3 is 0 Å². The number of nitrogens with zero attached hydrogens (tertiary/aromatic N) is 6. The molecule has 0 bridgehead atoms. The maximum atomic E-state index is 13.2. The number of alkyl halides is 2. The topological polar surface area (TPSA) is 90.0 Å². The average molecular weight is 397 g/mol. The van der Waals surface area contributed by atoms with Crippen molar-refractivity contribution in [2.45, 2.75) is 26.8 Å². The Kier molecular flexibility index (Phi) is 4.75. The smallest absolute Gasteiger partial charge is 0.280 e. The van der Waals surface area contributed by atoms with Crippen LogP contribution in [0.1, 0.15) is 39.3 Å². The summed E-state index contributed by atoms with van der Waals surface area (Å²) in [6.45, 7) is 4.09. The summed E-state index contributed by atoms with van der Waals surface area (Å²) < 4.78 is 29.0. The third kappa shape index (κ3) is 3.68. The van der Waals surface area contributed by atoms with Crippen molar-refractivity contribution in [2.24, 2.45) is 0 Å². The van der Waals surface area contributed by atoms with Gasteiger partial charge in [0, 0.05) is 5.69 Å². The van der Waals surface area contributed by atoms with Crippen LogP contribution in [-0.4, -0.2) is 35.3 Å². The van der Waals surface area contributed by atoms with Crippen molar-refractivity contribution in [1.29, 1.82) is 0 Å². The van der Waals surface area contributed by atoms with Crippen molar-refractivity contribution < 1.29 is 13.6 Å². The number of carbonyl (C=O) groups is 1. The zero-order chi connectivity index (χ0) is 20.5. The third-order valence-corrected chi connectivity index (χ3v) is 4.45. The van der Waals surface area contributed by atoms with Gasteiger partial charge in [-0.1, -0.05) is 24.3 Å². The second-order valence-corrected chi connectivity index (χ2v) is 6.56. The van der Waals surface area contributed by atoms with Gasteiger partial charge in [-0.05, 0) is 31.0 Å². The Morgan fingerprint density at radius 3 is 2.79 bits per heavy atom. The molecule has 1 amide bonds. The van der Waals surface area contributed by atoms with Crippen LogP contribution in [0.15, 0.2) is 42.9 Å². The molecule has 1 N–H and O–H groups in total. The second kappa shape index (κ2) is 7.38. The number of aryl methyl sites for hydroxylation is 2. The molecule has 0 radical (unpaired) electrons. The lowest BCUT2D eigenvalue weighted by Crippen LogP contribution is -2.14. The number of nitrogens with one attached hydrogen (secondary N) is 1. The molecule has 4 aromatic rings. The Balaban J connectivity index is 1.56. The van der Waals surface area contributed by atoms with Crippen LogP contribution in [0.2, 0.25) is 0 Å². The van der Waals surface area contributed by atoms with Crippen molar-refractivity contribution in [3.8, 4) is 0 Å². The number of benzene rings is 1. The van der Waals surface area contributed by atoms with Gasteiger partial charge in [0.25, 0.3) is 12.3 Å². The molecule has 0 aliphatic heterocycles. The van der Waals surface area contributed by atoms with Crippen LogP contribution >= 0.6 is 0 Å². The lowest BCUT2D eigenvalue weighted by molar-refractivity contribution is 0.102. The molecule has 0 saturated carbocycles. The summed E-state index contributed by atoms with van der Waals surface area (Å²) in [6.07, 6.45) is -0.0308. The number of hydrogen-bond donors (Lipinski definition) is 1. The number of anilines is 1. The minimum absolute atomic E-state index is 0.0529. The summed E-state index contributed by atoms with van der Waals surface area (Å²) in [5, 5.41) is 10.7. The number of hydrogen-bond acceptors (Lipinski definition) is 5. The highest BCUT2D eigenvalue weighted by molar-refractivity contribution is 6.07. The van der Waals surface area contributed by atoms with E-state index in [1.54, 1.807) is 11.6 Å². The summed E-state index contributed by atoms with van der Waals surface area (Å²) in [5.41, 5.74) is 2.35. The van der Waals surface area contributed by atoms with Crippen molar-refractivity contribution in [3.63, 3.8) is 0 Å². The van der Waals surface area contributed by atoms with Gasteiger partial charge in [0.15, 0.2) is 5.65 Å². The molecule has 4 rings (SSSR count). The molecule has 3 heterocycles. The highest BCUT2D eigenvalue weighted by Gasteiger charge is 2.21. The van der Waals surface area contributed by atoms with Gasteiger partial charge in [0.2, 0.25) is 5.95 Å². The zero-order valence-electron chi connectivity index (χ0n) is 15.7. The largest absolute Gasteiger partial charge is 0.289 e. The Morgan fingerprint density at radius 1 is 1.24 bits per heavy atom. The van der Waals surface area contributed by atoms with Gasteiger partial charge in [-0.25, -0.2) is 27.9 Å². The molecule has 0 atom stereocenters. The van der Waals surface area contributed by atoms with E-state index in [0.717, 1.165) is 15.6 Å². The van der Waals surface area contributed by atoms with Gasteiger partial charge < -0.3 is 0 Å². The first-order valence-electron chi connectivity index (χ1n) is 8.81. The molecule has 0 fully saturated rings. The first-order chi connectivity index (χ1) is 13.9. The lowest BCUT2D eigenvalue weighted by Gasteiger charge is -2.06. The van der Waals surface area contributed by atoms with Crippen LogP contribution in [-0.2, 0) is 6.54 Å². The van der Waals surface area contributed by atoms with Crippen LogP contribution in [0, 0.1) is 13.8 Å². The van der Waals surface area contributed by atoms with Crippen molar-refractivity contribution in [3.05, 3.63) is 70.9 Å². The summed E-state index contributed by atoms with van der Waals surface area (Å²) >= 11 is 0. The number of aromatic nitrogens is 6. The second-order valence-electron chi connectivity index (χ2n) is 6.56. The Labute approximate surface area is 164 Å². The van der Waals surface area contributed by atoms with E-state index < -0.39 is 12.3 Å². The van der Waals surface area contributed by atoms with Crippen LogP contribution in [0.5, 0.6) is 0 Å². The third-order valence-electron chi connectivity index (χ3n) is 4.45. The Hall–Kier alpha value is -3.69. The van der Waals surface area contributed by atoms with Crippen molar-refractivity contribution in [1.82, 2.24) is 29.4 Å². The molecule has 0 spiro atoms. The van der Waals surface area contributed by atoms with Crippen LogP contribution in [0.25, 0.3) is 5.65 Å². The first kappa shape index (κ1) is 18.7. The van der Waals surface area contributed by atoms with E-state index in [1.165, 1.54) is 18.6 Å². The van der Waals surface area contributed by atoms with E-state index in [4.69, 9.17) is 0 Å². The fourth-order valence-corrected chi connectivity index (χ4v) is 2.99. The predicted molar refractivity (Wildman–Crippen MR) is 101 cm³/mol. The summed E-state index contributed by atoms with van der Waals surface area (Å²) in [7, 11) is 0. The Bertz CT molecular complexity index is 1200. The predicted octanol–water partition coefficient (Wildman–Crippen LogP) is 3.18. The van der Waals surface area contributed by atoms with E-state index in [1.807, 2.05) is 31.2 Å². The van der Waals surface area contributed by atoms with Gasteiger partial charge in [0.05, 0.1) is 12.7 Å². The Morgan fingerprint density at radius 2 is 2.03 bits per heavy atom. The summed E-state index contributed by atoms with van der Waals surface area (Å²) in [4.78, 5) is 20.9. The monoisotopic (exact) mass is 397 g/mol. The summed E-state index contributed by atoms with van der Waals surface area (Å²) in [6, 6.07) is 9.12. The van der Waals surface area contributed by atoms with E-state index in [0.29, 0.717) is 12.2 Å². The number of rotatable bonds is 5. The number of fused-ring (bicyclic) bond motifs is 1. The van der Waals surface area contributed by atoms with E-state index in [-0.39, 0.29) is 22.9 Å². The average Bonchev–Trinajstić information content (AvgIpc) is 3.29. The number of amides is 1. The maximum absolute atomic E-state index is 13.2. The molecule has 0 aliphatic rings. The highest BCUT2D eigenvalue weighted by Crippen LogP contribution is 2.22. The minimum atomic E-state index is -2.74. The van der Waals surface area contributed by atoms with Crippen LogP contribution in [0.4, 0.5) is 14.7 Å². The molecule has 29 heavy (non-hydrogen) atoms. The normalized spacial score (nSPS) is 11.3. The van der Waals surface area contributed by atoms with E-state index in [9.17, 15) is 13.6 Å². The molecule has 148 valence electrons. The van der Waals surface area contributed by atoms with Gasteiger partial charge in [0.1, 0.15) is 17.6 Å². The fraction of sp³-hybridized carbons (Fsp3) is 0.211. The van der Waals surface area contributed by atoms with E-state index in [2.05, 4.69) is 25.5 Å².